The Kier molecular flexibility index (Phi) is 16.5. The summed E-state index contributed by atoms with van der Waals surface area (Å²) in [6, 6.07) is 12.8. The van der Waals surface area contributed by atoms with Crippen LogP contribution in [0.4, 0.5) is 0 Å². The third-order valence-corrected chi connectivity index (χ3v) is 9.96. The Hall–Kier alpha value is -1.71. The van der Waals surface area contributed by atoms with Gasteiger partial charge in [-0.05, 0) is 67.3 Å². The van der Waals surface area contributed by atoms with Gasteiger partial charge in [-0.15, -0.1) is 0 Å². The molecule has 8 heteroatoms. The van der Waals surface area contributed by atoms with Crippen molar-refractivity contribution in [2.45, 2.75) is 141 Å². The second kappa shape index (κ2) is 20.2. The zero-order valence-corrected chi connectivity index (χ0v) is 30.9. The van der Waals surface area contributed by atoms with Crippen LogP contribution >= 0.6 is 11.6 Å². The quantitative estimate of drug-likeness (QED) is 0.132. The zero-order chi connectivity index (χ0) is 34.4. The number of hydrogen-bond acceptors (Lipinski definition) is 7. The molecule has 2 aromatic carbocycles. The number of halogens is 1. The molecule has 0 amide bonds. The monoisotopic (exact) mass is 688 g/mol. The third kappa shape index (κ3) is 9.96. The maximum Gasteiger partial charge on any atom is 0.130 e. The molecule has 1 unspecified atom stereocenters. The number of aryl methyl sites for hydroxylation is 1. The minimum atomic E-state index is -0.986. The van der Waals surface area contributed by atoms with E-state index in [0.29, 0.717) is 56.6 Å². The molecule has 0 saturated carbocycles. The van der Waals surface area contributed by atoms with Crippen molar-refractivity contribution in [3.63, 3.8) is 0 Å². The number of unbranched alkanes of at least 4 members (excludes halogenated alkanes) is 4. The summed E-state index contributed by atoms with van der Waals surface area (Å²) >= 11 is 6.98. The van der Waals surface area contributed by atoms with Gasteiger partial charge >= 0.3 is 0 Å². The van der Waals surface area contributed by atoms with Gasteiger partial charge in [-0.25, -0.2) is 0 Å². The molecule has 270 valence electrons. The zero-order valence-electron chi connectivity index (χ0n) is 30.1. The van der Waals surface area contributed by atoms with E-state index in [9.17, 15) is 5.11 Å². The van der Waals surface area contributed by atoms with E-state index in [1.165, 1.54) is 11.1 Å². The van der Waals surface area contributed by atoms with Crippen LogP contribution in [0.15, 0.2) is 36.4 Å². The number of fused-ring (bicyclic) bond motifs is 2. The van der Waals surface area contributed by atoms with Crippen LogP contribution < -0.4 is 4.74 Å². The van der Waals surface area contributed by atoms with Crippen LogP contribution in [0.3, 0.4) is 0 Å². The highest BCUT2D eigenvalue weighted by molar-refractivity contribution is 6.31. The first kappa shape index (κ1) is 39.1. The fraction of sp³-hybridized carbons (Fsp3) is 0.700. The van der Waals surface area contributed by atoms with Crippen molar-refractivity contribution < 1.29 is 33.5 Å². The first-order valence-electron chi connectivity index (χ1n) is 18.7. The summed E-state index contributed by atoms with van der Waals surface area (Å²) in [4.78, 5) is 0. The highest BCUT2D eigenvalue weighted by Crippen LogP contribution is 2.52. The first-order chi connectivity index (χ1) is 23.4. The van der Waals surface area contributed by atoms with E-state index in [4.69, 9.17) is 40.0 Å². The van der Waals surface area contributed by atoms with Gasteiger partial charge in [0.15, 0.2) is 0 Å². The molecule has 1 spiro atoms. The molecule has 1 saturated heterocycles. The Morgan fingerprint density at radius 2 is 1.40 bits per heavy atom. The average Bonchev–Trinajstić information content (AvgIpc) is 3.09. The highest BCUT2D eigenvalue weighted by Gasteiger charge is 2.60. The second-order valence-electron chi connectivity index (χ2n) is 13.4. The Labute approximate surface area is 294 Å². The number of benzene rings is 2. The van der Waals surface area contributed by atoms with E-state index in [1.807, 2.05) is 6.07 Å². The first-order valence-corrected chi connectivity index (χ1v) is 19.1. The van der Waals surface area contributed by atoms with Crippen LogP contribution in [-0.4, -0.2) is 75.3 Å². The molecule has 6 atom stereocenters. The van der Waals surface area contributed by atoms with Gasteiger partial charge in [0, 0.05) is 43.4 Å². The molecule has 0 aliphatic carbocycles. The van der Waals surface area contributed by atoms with Gasteiger partial charge in [-0.2, -0.15) is 0 Å². The van der Waals surface area contributed by atoms with Crippen molar-refractivity contribution in [2.75, 3.05) is 39.6 Å². The van der Waals surface area contributed by atoms with E-state index < -0.39 is 30.0 Å². The number of hydrogen-bond donors (Lipinski definition) is 1. The van der Waals surface area contributed by atoms with Crippen molar-refractivity contribution >= 4 is 11.6 Å². The summed E-state index contributed by atoms with van der Waals surface area (Å²) in [6.07, 6.45) is 7.71. The molecule has 7 nitrogen and oxygen atoms in total. The van der Waals surface area contributed by atoms with E-state index in [1.54, 1.807) is 0 Å². The average molecular weight is 689 g/mol. The van der Waals surface area contributed by atoms with Crippen molar-refractivity contribution in [3.05, 3.63) is 63.7 Å². The minimum Gasteiger partial charge on any atom is -0.487 e. The van der Waals surface area contributed by atoms with Crippen LogP contribution in [0.2, 0.25) is 5.02 Å². The number of ether oxygens (including phenoxy) is 6. The van der Waals surface area contributed by atoms with Crippen LogP contribution in [-0.2, 0) is 42.1 Å². The van der Waals surface area contributed by atoms with Gasteiger partial charge < -0.3 is 33.5 Å². The fourth-order valence-electron chi connectivity index (χ4n) is 6.75. The van der Waals surface area contributed by atoms with Gasteiger partial charge in [-0.3, -0.25) is 0 Å². The standard InChI is InChI=1S/C40H61ClO7/c1-6-11-19-43-28-36-37(44-20-12-7-2)38(45-21-13-8-3)39(46-22-14-9-4)40(48-36)26-32(27-42)47-35-25-34(41)31(24-33(35)40)23-30-17-15-29(10-5)16-18-30/h15-18,24-25,32,36-39,42H,6-14,19-23,26-28H2,1-5H3/t32?,36-,37-,38+,39-,40+/m1/s1. The topological polar surface area (TPSA) is 75.6 Å². The smallest absolute Gasteiger partial charge is 0.130 e. The second-order valence-corrected chi connectivity index (χ2v) is 13.8. The predicted molar refractivity (Wildman–Crippen MR) is 192 cm³/mol. The van der Waals surface area contributed by atoms with Gasteiger partial charge in [0.2, 0.25) is 0 Å². The molecule has 0 bridgehead atoms. The Morgan fingerprint density at radius 1 is 0.792 bits per heavy atom. The van der Waals surface area contributed by atoms with Crippen molar-refractivity contribution in [1.29, 1.82) is 0 Å². The van der Waals surface area contributed by atoms with Crippen LogP contribution in [0.5, 0.6) is 5.75 Å². The molecular formula is C40H61ClO7. The van der Waals surface area contributed by atoms with E-state index in [-0.39, 0.29) is 12.7 Å². The molecule has 2 aliphatic heterocycles. The molecule has 2 heterocycles. The normalized spacial score (nSPS) is 25.3. The van der Waals surface area contributed by atoms with Gasteiger partial charge in [-0.1, -0.05) is 96.2 Å². The number of rotatable bonds is 21. The summed E-state index contributed by atoms with van der Waals surface area (Å²) in [5.74, 6) is 0.614. The Bertz CT molecular complexity index is 1210. The predicted octanol–water partition coefficient (Wildman–Crippen LogP) is 8.60. The molecule has 1 fully saturated rings. The van der Waals surface area contributed by atoms with E-state index in [2.05, 4.69) is 65.0 Å². The summed E-state index contributed by atoms with van der Waals surface area (Å²) < 4.78 is 40.5. The van der Waals surface area contributed by atoms with Crippen molar-refractivity contribution in [3.8, 4) is 5.75 Å². The van der Waals surface area contributed by atoms with Gasteiger partial charge in [0.25, 0.3) is 0 Å². The molecule has 2 aromatic rings. The summed E-state index contributed by atoms with van der Waals surface area (Å²) in [5, 5.41) is 11.2. The van der Waals surface area contributed by atoms with Crippen molar-refractivity contribution in [2.24, 2.45) is 0 Å². The molecule has 1 N–H and O–H groups in total. The molecule has 0 aromatic heterocycles. The van der Waals surface area contributed by atoms with Gasteiger partial charge in [0.1, 0.15) is 41.9 Å². The maximum absolute atomic E-state index is 10.6. The minimum absolute atomic E-state index is 0.162. The molecular weight excluding hydrogens is 628 g/mol. The lowest BCUT2D eigenvalue weighted by Crippen LogP contribution is -2.67. The van der Waals surface area contributed by atoms with Crippen LogP contribution in [0.25, 0.3) is 0 Å². The summed E-state index contributed by atoms with van der Waals surface area (Å²) in [6.45, 7) is 13.5. The van der Waals surface area contributed by atoms with E-state index in [0.717, 1.165) is 68.9 Å². The summed E-state index contributed by atoms with van der Waals surface area (Å²) in [7, 11) is 0. The van der Waals surface area contributed by atoms with Crippen LogP contribution in [0.1, 0.15) is 115 Å². The lowest BCUT2D eigenvalue weighted by atomic mass is 9.74. The lowest BCUT2D eigenvalue weighted by Gasteiger charge is -2.55. The number of aliphatic hydroxyl groups is 1. The van der Waals surface area contributed by atoms with Crippen molar-refractivity contribution in [1.82, 2.24) is 0 Å². The van der Waals surface area contributed by atoms with Gasteiger partial charge in [0.05, 0.1) is 13.2 Å². The molecule has 2 aliphatic rings. The van der Waals surface area contributed by atoms with Crippen LogP contribution in [0, 0.1) is 0 Å². The molecule has 48 heavy (non-hydrogen) atoms. The highest BCUT2D eigenvalue weighted by atomic mass is 35.5. The SMILES string of the molecule is CCCCOC[C@H]1O[C@]2(CC(CO)Oc3cc(Cl)c(Cc4ccc(CC)cc4)cc32)[C@H](OCCCC)[C@@H](OCCCC)[C@@H]1OCCCC. The summed E-state index contributed by atoms with van der Waals surface area (Å²) in [5.41, 5.74) is 3.37. The fourth-order valence-corrected chi connectivity index (χ4v) is 6.97. The Balaban J connectivity index is 1.85. The van der Waals surface area contributed by atoms with E-state index >= 15 is 0 Å². The largest absolute Gasteiger partial charge is 0.487 e. The lowest BCUT2D eigenvalue weighted by molar-refractivity contribution is -0.316. The molecule has 4 rings (SSSR count). The Morgan fingerprint density at radius 3 is 2.02 bits per heavy atom. The maximum atomic E-state index is 10.6. The third-order valence-electron chi connectivity index (χ3n) is 9.60. The number of aliphatic hydroxyl groups excluding tert-OH is 1. The molecule has 0 radical (unpaired) electrons.